The quantitative estimate of drug-likeness (QED) is 0.749. The Kier molecular flexibility index (Phi) is 4.22. The first-order chi connectivity index (χ1) is 12.2. The number of rotatable bonds is 5. The second-order valence-corrected chi connectivity index (χ2v) is 6.29. The topological polar surface area (TPSA) is 89.7 Å². The minimum atomic E-state index is -0.509. The Morgan fingerprint density at radius 2 is 2.04 bits per heavy atom. The summed E-state index contributed by atoms with van der Waals surface area (Å²) in [4.78, 5) is 8.57. The van der Waals surface area contributed by atoms with Gasteiger partial charge in [-0.3, -0.25) is 5.10 Å². The van der Waals surface area contributed by atoms with Gasteiger partial charge in [-0.1, -0.05) is 17.3 Å². The van der Waals surface area contributed by atoms with E-state index < -0.39 is 5.41 Å². The first kappa shape index (κ1) is 16.2. The lowest BCUT2D eigenvalue weighted by Crippen LogP contribution is -2.29. The Morgan fingerprint density at radius 3 is 2.72 bits per heavy atom. The fourth-order valence-corrected chi connectivity index (χ4v) is 3.17. The van der Waals surface area contributed by atoms with Crippen LogP contribution in [-0.2, 0) is 23.0 Å². The van der Waals surface area contributed by atoms with Crippen LogP contribution >= 0.6 is 11.6 Å². The van der Waals surface area contributed by atoms with E-state index in [4.69, 9.17) is 20.9 Å². The number of hydrogen-bond donors (Lipinski definition) is 1. The summed E-state index contributed by atoms with van der Waals surface area (Å²) in [5.41, 5.74) is 0.408. The monoisotopic (exact) mass is 363 g/mol. The average molecular weight is 364 g/mol. The Hall–Kier alpha value is -2.32. The molecule has 0 spiro atoms. The van der Waals surface area contributed by atoms with E-state index in [2.05, 4.69) is 25.3 Å². The van der Waals surface area contributed by atoms with Crippen LogP contribution in [0.15, 0.2) is 28.8 Å². The van der Waals surface area contributed by atoms with Crippen molar-refractivity contribution in [2.24, 2.45) is 0 Å². The molecule has 0 radical (unpaired) electrons. The number of aromatic nitrogens is 5. The van der Waals surface area contributed by atoms with Crippen LogP contribution in [-0.4, -0.2) is 38.5 Å². The van der Waals surface area contributed by atoms with Crippen molar-refractivity contribution < 1.29 is 13.7 Å². The fourth-order valence-electron chi connectivity index (χ4n) is 3.03. The molecule has 1 aliphatic heterocycles. The van der Waals surface area contributed by atoms with E-state index >= 15 is 0 Å². The number of hydrogen-bond acceptors (Lipinski definition) is 6. The molecule has 1 N–H and O–H groups in total. The van der Waals surface area contributed by atoms with Crippen LogP contribution in [0, 0.1) is 5.82 Å². The molecule has 7 nitrogen and oxygen atoms in total. The van der Waals surface area contributed by atoms with E-state index in [1.54, 1.807) is 12.1 Å². The van der Waals surface area contributed by atoms with Crippen molar-refractivity contribution in [2.75, 3.05) is 13.2 Å². The van der Waals surface area contributed by atoms with E-state index in [9.17, 15) is 4.39 Å². The van der Waals surface area contributed by atoms with Crippen LogP contribution in [0.5, 0.6) is 0 Å². The molecule has 0 aliphatic carbocycles. The molecule has 1 unspecified atom stereocenters. The lowest BCUT2D eigenvalue weighted by molar-refractivity contribution is 0.182. The number of aryl methyl sites for hydroxylation is 2. The van der Waals surface area contributed by atoms with Gasteiger partial charge in [0.25, 0.3) is 0 Å². The van der Waals surface area contributed by atoms with E-state index in [1.807, 2.05) is 0 Å². The molecular formula is C16H15ClFN5O2. The summed E-state index contributed by atoms with van der Waals surface area (Å²) >= 11 is 5.68. The predicted molar refractivity (Wildman–Crippen MR) is 85.7 cm³/mol. The third-order valence-electron chi connectivity index (χ3n) is 4.39. The smallest absolute Gasteiger partial charge is 0.242 e. The van der Waals surface area contributed by atoms with Gasteiger partial charge in [-0.05, 0) is 35.7 Å². The number of nitrogens with one attached hydrogen (secondary N) is 1. The zero-order valence-electron chi connectivity index (χ0n) is 13.2. The van der Waals surface area contributed by atoms with Gasteiger partial charge in [0.05, 0.1) is 12.0 Å². The van der Waals surface area contributed by atoms with Gasteiger partial charge in [0, 0.05) is 19.4 Å². The molecule has 9 heteroatoms. The molecule has 2 aromatic heterocycles. The van der Waals surface area contributed by atoms with Gasteiger partial charge in [-0.2, -0.15) is 4.98 Å². The maximum atomic E-state index is 13.3. The van der Waals surface area contributed by atoms with Crippen molar-refractivity contribution in [3.8, 4) is 0 Å². The molecule has 0 saturated carbocycles. The molecule has 25 heavy (non-hydrogen) atoms. The molecule has 4 rings (SSSR count). The van der Waals surface area contributed by atoms with Crippen molar-refractivity contribution in [2.45, 2.75) is 24.7 Å². The summed E-state index contributed by atoms with van der Waals surface area (Å²) in [7, 11) is 0. The van der Waals surface area contributed by atoms with Crippen molar-refractivity contribution in [1.82, 2.24) is 25.3 Å². The minimum Gasteiger partial charge on any atom is -0.380 e. The van der Waals surface area contributed by atoms with Crippen molar-refractivity contribution in [3.05, 3.63) is 58.5 Å². The highest BCUT2D eigenvalue weighted by Gasteiger charge is 2.42. The van der Waals surface area contributed by atoms with Crippen LogP contribution in [0.3, 0.4) is 0 Å². The molecule has 3 heterocycles. The number of ether oxygens (including phenoxy) is 1. The van der Waals surface area contributed by atoms with Crippen molar-refractivity contribution in [3.63, 3.8) is 0 Å². The lowest BCUT2D eigenvalue weighted by Gasteiger charge is -2.23. The maximum Gasteiger partial charge on any atom is 0.242 e. The number of aromatic amines is 1. The normalized spacial score (nSPS) is 20.2. The summed E-state index contributed by atoms with van der Waals surface area (Å²) in [6.07, 6.45) is 1.79. The Bertz CT molecular complexity index is 858. The number of nitrogens with zero attached hydrogens (tertiary/aromatic N) is 4. The van der Waals surface area contributed by atoms with Gasteiger partial charge < -0.3 is 9.26 Å². The van der Waals surface area contributed by atoms with Crippen LogP contribution in [0.2, 0.25) is 5.28 Å². The van der Waals surface area contributed by atoms with E-state index in [0.29, 0.717) is 43.6 Å². The second kappa shape index (κ2) is 6.53. The van der Waals surface area contributed by atoms with Crippen molar-refractivity contribution >= 4 is 11.6 Å². The Morgan fingerprint density at radius 1 is 1.20 bits per heavy atom. The average Bonchev–Trinajstić information content (AvgIpc) is 3.34. The number of benzene rings is 1. The van der Waals surface area contributed by atoms with Crippen molar-refractivity contribution in [1.29, 1.82) is 0 Å². The van der Waals surface area contributed by atoms with Gasteiger partial charge in [0.2, 0.25) is 11.2 Å². The molecule has 1 aliphatic rings. The first-order valence-electron chi connectivity index (χ1n) is 7.89. The third-order valence-corrected chi connectivity index (χ3v) is 4.56. The molecule has 130 valence electrons. The van der Waals surface area contributed by atoms with Crippen LogP contribution in [0.1, 0.15) is 29.5 Å². The highest BCUT2D eigenvalue weighted by molar-refractivity contribution is 6.28. The SMILES string of the molecule is Fc1ccc(C2(c3noc(CCc4nc(Cl)n[nH]4)n3)CCOC2)cc1. The van der Waals surface area contributed by atoms with Gasteiger partial charge in [-0.15, -0.1) is 5.10 Å². The zero-order valence-corrected chi connectivity index (χ0v) is 14.0. The zero-order chi connectivity index (χ0) is 17.3. The highest BCUT2D eigenvalue weighted by atomic mass is 35.5. The standard InChI is InChI=1S/C16H15ClFN5O2/c17-15-19-12(21-22-15)5-6-13-20-14(23-25-13)16(7-8-24-9-16)10-1-3-11(18)4-2-10/h1-4H,5-9H2,(H,19,21,22). The summed E-state index contributed by atoms with van der Waals surface area (Å²) in [5.74, 6) is 1.43. The second-order valence-electron chi connectivity index (χ2n) is 5.95. The Labute approximate surface area is 147 Å². The Balaban J connectivity index is 1.57. The molecule has 1 saturated heterocycles. The van der Waals surface area contributed by atoms with Crippen LogP contribution < -0.4 is 0 Å². The molecular weight excluding hydrogens is 349 g/mol. The molecule has 1 fully saturated rings. The predicted octanol–water partition coefficient (Wildman–Crippen LogP) is 2.47. The van der Waals surface area contributed by atoms with E-state index in [0.717, 1.165) is 12.0 Å². The van der Waals surface area contributed by atoms with Crippen LogP contribution in [0.4, 0.5) is 4.39 Å². The molecule has 0 amide bonds. The first-order valence-corrected chi connectivity index (χ1v) is 8.27. The number of H-pyrrole nitrogens is 1. The molecule has 1 atom stereocenters. The summed E-state index contributed by atoms with van der Waals surface area (Å²) in [5, 5.41) is 10.8. The molecule has 1 aromatic carbocycles. The van der Waals surface area contributed by atoms with Gasteiger partial charge in [0.15, 0.2) is 5.82 Å². The molecule has 0 bridgehead atoms. The van der Waals surface area contributed by atoms with E-state index in [1.165, 1.54) is 12.1 Å². The van der Waals surface area contributed by atoms with Crippen LogP contribution in [0.25, 0.3) is 0 Å². The summed E-state index contributed by atoms with van der Waals surface area (Å²) in [6, 6.07) is 6.36. The van der Waals surface area contributed by atoms with Gasteiger partial charge in [-0.25, -0.2) is 9.37 Å². The molecule has 3 aromatic rings. The maximum absolute atomic E-state index is 13.3. The summed E-state index contributed by atoms with van der Waals surface area (Å²) < 4.78 is 24.2. The lowest BCUT2D eigenvalue weighted by atomic mass is 9.79. The highest BCUT2D eigenvalue weighted by Crippen LogP contribution is 2.38. The largest absolute Gasteiger partial charge is 0.380 e. The fraction of sp³-hybridized carbons (Fsp3) is 0.375. The third kappa shape index (κ3) is 3.14. The van der Waals surface area contributed by atoms with Gasteiger partial charge >= 0.3 is 0 Å². The van der Waals surface area contributed by atoms with Gasteiger partial charge in [0.1, 0.15) is 11.6 Å². The number of halogens is 2. The summed E-state index contributed by atoms with van der Waals surface area (Å²) in [6.45, 7) is 1.03. The minimum absolute atomic E-state index is 0.180. The van der Waals surface area contributed by atoms with E-state index in [-0.39, 0.29) is 11.1 Å².